The lowest BCUT2D eigenvalue weighted by molar-refractivity contribution is 0.0819. The Morgan fingerprint density at radius 1 is 1.21 bits per heavy atom. The third-order valence-electron chi connectivity index (χ3n) is 3.63. The number of benzene rings is 1. The van der Waals surface area contributed by atoms with E-state index in [0.29, 0.717) is 4.47 Å². The van der Waals surface area contributed by atoms with Crippen LogP contribution in [0.3, 0.4) is 0 Å². The van der Waals surface area contributed by atoms with Crippen LogP contribution in [0, 0.1) is 17.6 Å². The molecule has 1 aliphatic rings. The van der Waals surface area contributed by atoms with E-state index in [1.165, 1.54) is 12.1 Å². The molecule has 0 bridgehead atoms. The van der Waals surface area contributed by atoms with Crippen molar-refractivity contribution in [2.24, 2.45) is 11.7 Å². The van der Waals surface area contributed by atoms with Crippen LogP contribution in [0.1, 0.15) is 37.3 Å². The van der Waals surface area contributed by atoms with Crippen molar-refractivity contribution in [1.29, 1.82) is 0 Å². The molecule has 0 saturated heterocycles. The Bertz CT molecular complexity index is 418. The fourth-order valence-corrected chi connectivity index (χ4v) is 3.04. The SMILES string of the molecule is Cl.N[C@H](c1c(F)cc(Br)cc1F)[C@@H](O)C1CCCC1. The second-order valence-electron chi connectivity index (χ2n) is 4.84. The van der Waals surface area contributed by atoms with Crippen molar-refractivity contribution in [1.82, 2.24) is 0 Å². The fraction of sp³-hybridized carbons (Fsp3) is 0.538. The maximum Gasteiger partial charge on any atom is 0.132 e. The molecule has 2 nitrogen and oxygen atoms in total. The van der Waals surface area contributed by atoms with Gasteiger partial charge in [-0.2, -0.15) is 0 Å². The Hall–Kier alpha value is -0.230. The van der Waals surface area contributed by atoms with Gasteiger partial charge in [-0.15, -0.1) is 12.4 Å². The summed E-state index contributed by atoms with van der Waals surface area (Å²) in [6.07, 6.45) is 2.93. The third-order valence-corrected chi connectivity index (χ3v) is 4.09. The number of aliphatic hydroxyl groups is 1. The Balaban J connectivity index is 0.00000180. The van der Waals surface area contributed by atoms with Crippen molar-refractivity contribution >= 4 is 28.3 Å². The van der Waals surface area contributed by atoms with E-state index in [9.17, 15) is 13.9 Å². The van der Waals surface area contributed by atoms with E-state index in [4.69, 9.17) is 5.73 Å². The molecule has 0 spiro atoms. The van der Waals surface area contributed by atoms with Crippen molar-refractivity contribution in [2.45, 2.75) is 37.8 Å². The Morgan fingerprint density at radius 3 is 2.16 bits per heavy atom. The summed E-state index contributed by atoms with van der Waals surface area (Å²) in [4.78, 5) is 0. The minimum atomic E-state index is -1.01. The highest BCUT2D eigenvalue weighted by Crippen LogP contribution is 2.34. The molecule has 1 aromatic carbocycles. The van der Waals surface area contributed by atoms with Crippen LogP contribution < -0.4 is 5.73 Å². The van der Waals surface area contributed by atoms with Crippen LogP contribution in [0.5, 0.6) is 0 Å². The second kappa shape index (κ2) is 6.97. The van der Waals surface area contributed by atoms with Crippen molar-refractivity contribution < 1.29 is 13.9 Å². The molecule has 1 saturated carbocycles. The summed E-state index contributed by atoms with van der Waals surface area (Å²) < 4.78 is 27.8. The van der Waals surface area contributed by atoms with E-state index >= 15 is 0 Å². The average Bonchev–Trinajstić information content (AvgIpc) is 2.79. The standard InChI is InChI=1S/C13H16BrF2NO.ClH/c14-8-5-9(15)11(10(16)6-8)12(17)13(18)7-3-1-2-4-7;/h5-7,12-13,18H,1-4,17H2;1H/t12-,13+;/m1./s1. The van der Waals surface area contributed by atoms with Gasteiger partial charge in [-0.05, 0) is 30.9 Å². The molecule has 6 heteroatoms. The zero-order chi connectivity index (χ0) is 13.3. The number of aliphatic hydroxyl groups excluding tert-OH is 1. The maximum absolute atomic E-state index is 13.7. The normalized spacial score (nSPS) is 19.0. The van der Waals surface area contributed by atoms with E-state index in [-0.39, 0.29) is 23.9 Å². The van der Waals surface area contributed by atoms with E-state index < -0.39 is 23.8 Å². The largest absolute Gasteiger partial charge is 0.391 e. The first-order chi connectivity index (χ1) is 8.50. The lowest BCUT2D eigenvalue weighted by Gasteiger charge is -2.25. The molecule has 0 radical (unpaired) electrons. The lowest BCUT2D eigenvalue weighted by atomic mass is 9.90. The first kappa shape index (κ1) is 16.8. The predicted octanol–water partition coefficient (Wildman–Crippen LogP) is 3.70. The van der Waals surface area contributed by atoms with E-state index in [0.717, 1.165) is 25.7 Å². The highest BCUT2D eigenvalue weighted by molar-refractivity contribution is 9.10. The van der Waals surface area contributed by atoms with E-state index in [1.807, 2.05) is 0 Å². The monoisotopic (exact) mass is 355 g/mol. The third kappa shape index (κ3) is 3.66. The molecule has 0 amide bonds. The molecule has 0 aliphatic heterocycles. The highest BCUT2D eigenvalue weighted by atomic mass is 79.9. The quantitative estimate of drug-likeness (QED) is 0.867. The topological polar surface area (TPSA) is 46.2 Å². The maximum atomic E-state index is 13.7. The summed E-state index contributed by atoms with van der Waals surface area (Å²) in [6.45, 7) is 0. The highest BCUT2D eigenvalue weighted by Gasteiger charge is 2.31. The van der Waals surface area contributed by atoms with Crippen LogP contribution in [-0.2, 0) is 0 Å². The smallest absolute Gasteiger partial charge is 0.132 e. The van der Waals surface area contributed by atoms with Gasteiger partial charge in [0, 0.05) is 10.0 Å². The van der Waals surface area contributed by atoms with Crippen LogP contribution in [0.2, 0.25) is 0 Å². The summed E-state index contributed by atoms with van der Waals surface area (Å²) in [5, 5.41) is 10.1. The molecular weight excluding hydrogens is 340 g/mol. The molecule has 3 N–H and O–H groups in total. The summed E-state index contributed by atoms with van der Waals surface area (Å²) in [5.41, 5.74) is 5.60. The van der Waals surface area contributed by atoms with Crippen LogP contribution >= 0.6 is 28.3 Å². The molecule has 0 heterocycles. The lowest BCUT2D eigenvalue weighted by Crippen LogP contribution is -2.33. The number of rotatable bonds is 3. The Morgan fingerprint density at radius 2 is 1.68 bits per heavy atom. The van der Waals surface area contributed by atoms with Crippen LogP contribution in [0.15, 0.2) is 16.6 Å². The summed E-state index contributed by atoms with van der Waals surface area (Å²) in [5.74, 6) is -1.39. The summed E-state index contributed by atoms with van der Waals surface area (Å²) >= 11 is 3.02. The number of hydrogen-bond acceptors (Lipinski definition) is 2. The number of nitrogens with two attached hydrogens (primary N) is 1. The molecular formula is C13H17BrClF2NO. The molecule has 108 valence electrons. The molecule has 2 atom stereocenters. The predicted molar refractivity (Wildman–Crippen MR) is 76.2 cm³/mol. The zero-order valence-electron chi connectivity index (χ0n) is 10.3. The summed E-state index contributed by atoms with van der Waals surface area (Å²) in [6, 6.07) is 1.32. The van der Waals surface area contributed by atoms with Crippen LogP contribution in [0.25, 0.3) is 0 Å². The van der Waals surface area contributed by atoms with Crippen LogP contribution in [-0.4, -0.2) is 11.2 Å². The fourth-order valence-electron chi connectivity index (χ4n) is 2.63. The molecule has 1 aliphatic carbocycles. The molecule has 1 aromatic rings. The van der Waals surface area contributed by atoms with Gasteiger partial charge in [0.2, 0.25) is 0 Å². The van der Waals surface area contributed by atoms with Crippen molar-refractivity contribution in [2.75, 3.05) is 0 Å². The van der Waals surface area contributed by atoms with Crippen LogP contribution in [0.4, 0.5) is 8.78 Å². The molecule has 2 rings (SSSR count). The van der Waals surface area contributed by atoms with Gasteiger partial charge in [-0.1, -0.05) is 28.8 Å². The average molecular weight is 357 g/mol. The van der Waals surface area contributed by atoms with Gasteiger partial charge in [0.05, 0.1) is 12.1 Å². The molecule has 0 aromatic heterocycles. The van der Waals surface area contributed by atoms with Gasteiger partial charge in [0.25, 0.3) is 0 Å². The van der Waals surface area contributed by atoms with Gasteiger partial charge >= 0.3 is 0 Å². The Kier molecular flexibility index (Phi) is 6.17. The molecule has 1 fully saturated rings. The van der Waals surface area contributed by atoms with Crippen molar-refractivity contribution in [3.63, 3.8) is 0 Å². The van der Waals surface area contributed by atoms with E-state index in [2.05, 4.69) is 15.9 Å². The van der Waals surface area contributed by atoms with Gasteiger partial charge in [0.15, 0.2) is 0 Å². The minimum Gasteiger partial charge on any atom is -0.391 e. The summed E-state index contributed by atoms with van der Waals surface area (Å²) in [7, 11) is 0. The van der Waals surface area contributed by atoms with Crippen molar-refractivity contribution in [3.8, 4) is 0 Å². The zero-order valence-corrected chi connectivity index (χ0v) is 12.7. The van der Waals surface area contributed by atoms with E-state index in [1.54, 1.807) is 0 Å². The van der Waals surface area contributed by atoms with Gasteiger partial charge in [0.1, 0.15) is 11.6 Å². The van der Waals surface area contributed by atoms with Gasteiger partial charge in [-0.25, -0.2) is 8.78 Å². The molecule has 19 heavy (non-hydrogen) atoms. The number of hydrogen-bond donors (Lipinski definition) is 2. The number of halogens is 4. The molecule has 0 unspecified atom stereocenters. The second-order valence-corrected chi connectivity index (χ2v) is 5.76. The van der Waals surface area contributed by atoms with Gasteiger partial charge < -0.3 is 10.8 Å². The first-order valence-corrected chi connectivity index (χ1v) is 6.88. The Labute approximate surface area is 125 Å². The van der Waals surface area contributed by atoms with Crippen molar-refractivity contribution in [3.05, 3.63) is 33.8 Å². The first-order valence-electron chi connectivity index (χ1n) is 6.09. The van der Waals surface area contributed by atoms with Gasteiger partial charge in [-0.3, -0.25) is 0 Å². The minimum absolute atomic E-state index is 0.